The van der Waals surface area contributed by atoms with Crippen LogP contribution in [-0.4, -0.2) is 11.6 Å². The highest BCUT2D eigenvalue weighted by Gasteiger charge is 2.02. The number of nitrogens with zero attached hydrogens (tertiary/aromatic N) is 1. The minimum Gasteiger partial charge on any atom is -0.493 e. The van der Waals surface area contributed by atoms with Gasteiger partial charge in [0.15, 0.2) is 0 Å². The number of ether oxygens (including phenoxy) is 1. The summed E-state index contributed by atoms with van der Waals surface area (Å²) in [4.78, 5) is 4.46. The van der Waals surface area contributed by atoms with Crippen molar-refractivity contribution in [2.75, 3.05) is 6.61 Å². The van der Waals surface area contributed by atoms with Crippen LogP contribution in [0.2, 0.25) is 0 Å². The fourth-order valence-corrected chi connectivity index (χ4v) is 3.02. The Morgan fingerprint density at radius 3 is 2.85 bits per heavy atom. The lowest BCUT2D eigenvalue weighted by molar-refractivity contribution is 0.305. The monoisotopic (exact) mass is 309 g/mol. The maximum absolute atomic E-state index is 5.84. The molecule has 0 fully saturated rings. The van der Waals surface area contributed by atoms with E-state index in [9.17, 15) is 0 Å². The predicted molar refractivity (Wildman–Crippen MR) is 86.0 cm³/mol. The molecule has 1 aromatic carbocycles. The molecule has 0 saturated heterocycles. The van der Waals surface area contributed by atoms with Crippen LogP contribution >= 0.6 is 22.9 Å². The first-order valence-electron chi connectivity index (χ1n) is 6.88. The summed E-state index contributed by atoms with van der Waals surface area (Å²) in [6, 6.07) is 6.32. The highest BCUT2D eigenvalue weighted by atomic mass is 35.5. The molecule has 0 N–H and O–H groups in total. The van der Waals surface area contributed by atoms with E-state index in [2.05, 4.69) is 37.0 Å². The normalized spacial score (nSPS) is 10.8. The standard InChI is InChI=1S/C16H20ClNOS/c1-12-6-7-13(2)15(9-12)19-8-4-3-5-16-18-14(10-17)11-20-16/h6-7,9,11H,3-5,8,10H2,1-2H3. The van der Waals surface area contributed by atoms with Crippen LogP contribution in [-0.2, 0) is 12.3 Å². The molecule has 0 atom stereocenters. The number of unbranched alkanes of at least 4 members (excludes halogenated alkanes) is 1. The minimum absolute atomic E-state index is 0.506. The van der Waals surface area contributed by atoms with Crippen LogP contribution < -0.4 is 4.74 Å². The van der Waals surface area contributed by atoms with Crippen molar-refractivity contribution in [3.8, 4) is 5.75 Å². The molecule has 2 nitrogen and oxygen atoms in total. The lowest BCUT2D eigenvalue weighted by Gasteiger charge is -2.09. The number of aryl methyl sites for hydroxylation is 3. The first-order chi connectivity index (χ1) is 9.69. The topological polar surface area (TPSA) is 22.1 Å². The van der Waals surface area contributed by atoms with Crippen LogP contribution in [0.5, 0.6) is 5.75 Å². The molecule has 0 unspecified atom stereocenters. The molecule has 0 saturated carbocycles. The van der Waals surface area contributed by atoms with E-state index in [1.807, 2.05) is 5.38 Å². The average Bonchev–Trinajstić information content (AvgIpc) is 2.90. The van der Waals surface area contributed by atoms with Crippen molar-refractivity contribution in [1.82, 2.24) is 4.98 Å². The molecular formula is C16H20ClNOS. The second kappa shape index (κ2) is 7.65. The summed E-state index contributed by atoms with van der Waals surface area (Å²) in [5.41, 5.74) is 3.42. The largest absolute Gasteiger partial charge is 0.493 e. The third kappa shape index (κ3) is 4.50. The second-order valence-electron chi connectivity index (χ2n) is 4.94. The van der Waals surface area contributed by atoms with Crippen molar-refractivity contribution in [2.45, 2.75) is 39.0 Å². The number of benzene rings is 1. The Balaban J connectivity index is 1.70. The summed E-state index contributed by atoms with van der Waals surface area (Å²) in [5, 5.41) is 3.21. The van der Waals surface area contributed by atoms with Crippen molar-refractivity contribution in [1.29, 1.82) is 0 Å². The Kier molecular flexibility index (Phi) is 5.86. The highest BCUT2D eigenvalue weighted by molar-refractivity contribution is 7.09. The van der Waals surface area contributed by atoms with E-state index in [0.29, 0.717) is 5.88 Å². The number of alkyl halides is 1. The number of hydrogen-bond acceptors (Lipinski definition) is 3. The fraction of sp³-hybridized carbons (Fsp3) is 0.438. The fourth-order valence-electron chi connectivity index (χ4n) is 1.95. The van der Waals surface area contributed by atoms with Crippen molar-refractivity contribution >= 4 is 22.9 Å². The second-order valence-corrected chi connectivity index (χ2v) is 6.15. The minimum atomic E-state index is 0.506. The summed E-state index contributed by atoms with van der Waals surface area (Å²) < 4.78 is 5.84. The molecule has 20 heavy (non-hydrogen) atoms. The summed E-state index contributed by atoms with van der Waals surface area (Å²) >= 11 is 7.44. The van der Waals surface area contributed by atoms with Crippen molar-refractivity contribution in [3.05, 3.63) is 45.4 Å². The number of hydrogen-bond donors (Lipinski definition) is 0. The molecule has 4 heteroatoms. The van der Waals surface area contributed by atoms with Crippen LogP contribution in [0.15, 0.2) is 23.6 Å². The maximum atomic E-state index is 5.84. The zero-order chi connectivity index (χ0) is 14.4. The van der Waals surface area contributed by atoms with Gasteiger partial charge in [-0.2, -0.15) is 0 Å². The van der Waals surface area contributed by atoms with Crippen LogP contribution in [0.1, 0.15) is 34.7 Å². The molecule has 0 aliphatic rings. The molecule has 0 radical (unpaired) electrons. The van der Waals surface area contributed by atoms with Gasteiger partial charge < -0.3 is 4.74 Å². The summed E-state index contributed by atoms with van der Waals surface area (Å²) in [6.45, 7) is 4.93. The molecule has 108 valence electrons. The lowest BCUT2D eigenvalue weighted by Crippen LogP contribution is -2.00. The number of rotatable bonds is 7. The SMILES string of the molecule is Cc1ccc(C)c(OCCCCc2nc(CCl)cs2)c1. The van der Waals surface area contributed by atoms with E-state index in [-0.39, 0.29) is 0 Å². The quantitative estimate of drug-likeness (QED) is 0.536. The van der Waals surface area contributed by atoms with Gasteiger partial charge in [0.2, 0.25) is 0 Å². The van der Waals surface area contributed by atoms with E-state index in [4.69, 9.17) is 16.3 Å². The van der Waals surface area contributed by atoms with Gasteiger partial charge in [0.25, 0.3) is 0 Å². The molecule has 1 aromatic heterocycles. The highest BCUT2D eigenvalue weighted by Crippen LogP contribution is 2.19. The van der Waals surface area contributed by atoms with Crippen molar-refractivity contribution in [3.63, 3.8) is 0 Å². The molecule has 1 heterocycles. The van der Waals surface area contributed by atoms with Gasteiger partial charge in [0, 0.05) is 5.38 Å². The molecule has 2 aromatic rings. The summed E-state index contributed by atoms with van der Waals surface area (Å²) in [5.74, 6) is 1.51. The van der Waals surface area contributed by atoms with Gasteiger partial charge in [-0.25, -0.2) is 4.98 Å². The molecule has 0 spiro atoms. The van der Waals surface area contributed by atoms with Gasteiger partial charge in [-0.15, -0.1) is 22.9 Å². The van der Waals surface area contributed by atoms with Gasteiger partial charge in [-0.3, -0.25) is 0 Å². The van der Waals surface area contributed by atoms with E-state index in [1.165, 1.54) is 16.1 Å². The number of thiazole rings is 1. The zero-order valence-electron chi connectivity index (χ0n) is 12.0. The van der Waals surface area contributed by atoms with E-state index >= 15 is 0 Å². The molecule has 0 aliphatic carbocycles. The Morgan fingerprint density at radius 1 is 1.25 bits per heavy atom. The molecular weight excluding hydrogens is 290 g/mol. The van der Waals surface area contributed by atoms with Gasteiger partial charge >= 0.3 is 0 Å². The smallest absolute Gasteiger partial charge is 0.122 e. The lowest BCUT2D eigenvalue weighted by atomic mass is 10.1. The maximum Gasteiger partial charge on any atom is 0.122 e. The van der Waals surface area contributed by atoms with Gasteiger partial charge in [0.1, 0.15) is 5.75 Å². The first kappa shape index (κ1) is 15.3. The number of aromatic nitrogens is 1. The van der Waals surface area contributed by atoms with Gasteiger partial charge in [0.05, 0.1) is 23.2 Å². The third-order valence-corrected chi connectivity index (χ3v) is 4.35. The molecule has 0 amide bonds. The Morgan fingerprint density at radius 2 is 2.10 bits per heavy atom. The van der Waals surface area contributed by atoms with Crippen LogP contribution in [0, 0.1) is 13.8 Å². The Hall–Kier alpha value is -1.06. The molecule has 0 bridgehead atoms. The third-order valence-electron chi connectivity index (χ3n) is 3.12. The van der Waals surface area contributed by atoms with Crippen LogP contribution in [0.25, 0.3) is 0 Å². The Labute approximate surface area is 129 Å². The van der Waals surface area contributed by atoms with Gasteiger partial charge in [-0.1, -0.05) is 12.1 Å². The molecule has 2 rings (SSSR count). The van der Waals surface area contributed by atoms with Crippen molar-refractivity contribution in [2.24, 2.45) is 0 Å². The average molecular weight is 310 g/mol. The summed E-state index contributed by atoms with van der Waals surface area (Å²) in [7, 11) is 0. The van der Waals surface area contributed by atoms with Crippen molar-refractivity contribution < 1.29 is 4.74 Å². The van der Waals surface area contributed by atoms with E-state index in [0.717, 1.165) is 37.3 Å². The number of halogens is 1. The first-order valence-corrected chi connectivity index (χ1v) is 8.30. The summed E-state index contributed by atoms with van der Waals surface area (Å²) in [6.07, 6.45) is 3.15. The Bertz CT molecular complexity index is 553. The van der Waals surface area contributed by atoms with Crippen LogP contribution in [0.3, 0.4) is 0 Å². The van der Waals surface area contributed by atoms with Crippen LogP contribution in [0.4, 0.5) is 0 Å². The van der Waals surface area contributed by atoms with E-state index < -0.39 is 0 Å². The van der Waals surface area contributed by atoms with E-state index in [1.54, 1.807) is 11.3 Å². The predicted octanol–water partition coefficient (Wildman–Crippen LogP) is 4.90. The zero-order valence-corrected chi connectivity index (χ0v) is 13.6. The molecule has 0 aliphatic heterocycles. The van der Waals surface area contributed by atoms with Gasteiger partial charge in [-0.05, 0) is 50.3 Å².